The summed E-state index contributed by atoms with van der Waals surface area (Å²) in [4.78, 5) is 0. The Morgan fingerprint density at radius 3 is 2.12 bits per heavy atom. The second-order valence-corrected chi connectivity index (χ2v) is 3.74. The third kappa shape index (κ3) is 2.01. The van der Waals surface area contributed by atoms with Gasteiger partial charge in [0, 0.05) is 0 Å². The number of aromatic hydroxyl groups is 2. The van der Waals surface area contributed by atoms with Crippen LogP contribution >= 0.6 is 0 Å². The van der Waals surface area contributed by atoms with Gasteiger partial charge in [-0.2, -0.15) is 0 Å². The van der Waals surface area contributed by atoms with E-state index in [0.717, 1.165) is 17.5 Å². The molecule has 2 nitrogen and oxygen atoms in total. The van der Waals surface area contributed by atoms with Gasteiger partial charge in [0.1, 0.15) is 11.5 Å². The second-order valence-electron chi connectivity index (χ2n) is 3.74. The highest BCUT2D eigenvalue weighted by atomic mass is 16.3. The summed E-state index contributed by atoms with van der Waals surface area (Å²) in [5.74, 6) is 0.516. The summed E-state index contributed by atoms with van der Waals surface area (Å²) in [6.07, 6.45) is 0.913. The van der Waals surface area contributed by atoms with Gasteiger partial charge in [0.05, 0.1) is 0 Å². The van der Waals surface area contributed by atoms with Crippen LogP contribution in [-0.4, -0.2) is 10.2 Å². The van der Waals surface area contributed by atoms with E-state index >= 15 is 0 Å². The maximum Gasteiger partial charge on any atom is 0.116 e. The molecule has 0 aliphatic carbocycles. The molecule has 0 saturated carbocycles. The molecule has 0 saturated heterocycles. The molecular weight excluding hydrogens is 200 g/mol. The van der Waals surface area contributed by atoms with E-state index in [0.29, 0.717) is 0 Å². The second kappa shape index (κ2) is 4.27. The Morgan fingerprint density at radius 1 is 0.875 bits per heavy atom. The number of aryl methyl sites for hydroxylation is 1. The third-order valence-electron chi connectivity index (χ3n) is 2.65. The summed E-state index contributed by atoms with van der Waals surface area (Å²) in [6, 6.07) is 12.4. The molecule has 0 atom stereocenters. The van der Waals surface area contributed by atoms with E-state index in [1.165, 1.54) is 5.56 Å². The van der Waals surface area contributed by atoms with Gasteiger partial charge < -0.3 is 10.2 Å². The van der Waals surface area contributed by atoms with Crippen LogP contribution in [0.25, 0.3) is 11.1 Å². The van der Waals surface area contributed by atoms with Crippen LogP contribution in [0.5, 0.6) is 11.5 Å². The van der Waals surface area contributed by atoms with Crippen molar-refractivity contribution >= 4 is 0 Å². The molecule has 0 aliphatic rings. The van der Waals surface area contributed by atoms with E-state index in [9.17, 15) is 10.2 Å². The Hall–Kier alpha value is -1.96. The molecule has 0 aromatic heterocycles. The first kappa shape index (κ1) is 10.6. The molecule has 0 spiro atoms. The Morgan fingerprint density at radius 2 is 1.50 bits per heavy atom. The molecule has 0 fully saturated rings. The van der Waals surface area contributed by atoms with Gasteiger partial charge in [-0.1, -0.05) is 25.1 Å². The quantitative estimate of drug-likeness (QED) is 0.805. The lowest BCUT2D eigenvalue weighted by Gasteiger charge is -2.08. The smallest absolute Gasteiger partial charge is 0.116 e. The van der Waals surface area contributed by atoms with E-state index < -0.39 is 0 Å². The maximum atomic E-state index is 9.50. The fraction of sp³-hybridized carbons (Fsp3) is 0.143. The summed E-state index contributed by atoms with van der Waals surface area (Å²) in [5, 5.41) is 18.7. The predicted molar refractivity (Wildman–Crippen MR) is 64.6 cm³/mol. The largest absolute Gasteiger partial charge is 0.508 e. The Kier molecular flexibility index (Phi) is 2.82. The third-order valence-corrected chi connectivity index (χ3v) is 2.65. The van der Waals surface area contributed by atoms with Crippen LogP contribution in [0, 0.1) is 0 Å². The lowest BCUT2D eigenvalue weighted by atomic mass is 9.98. The van der Waals surface area contributed by atoms with E-state index in [1.54, 1.807) is 24.3 Å². The van der Waals surface area contributed by atoms with Gasteiger partial charge in [-0.3, -0.25) is 0 Å². The van der Waals surface area contributed by atoms with Crippen molar-refractivity contribution in [2.75, 3.05) is 0 Å². The van der Waals surface area contributed by atoms with Crippen molar-refractivity contribution in [2.45, 2.75) is 13.3 Å². The van der Waals surface area contributed by atoms with Crippen molar-refractivity contribution in [3.63, 3.8) is 0 Å². The molecule has 0 heterocycles. The average molecular weight is 214 g/mol. The first-order valence-electron chi connectivity index (χ1n) is 5.32. The van der Waals surface area contributed by atoms with Gasteiger partial charge in [0.25, 0.3) is 0 Å². The highest BCUT2D eigenvalue weighted by Crippen LogP contribution is 2.29. The number of benzene rings is 2. The minimum absolute atomic E-state index is 0.252. The first-order valence-corrected chi connectivity index (χ1v) is 5.32. The highest BCUT2D eigenvalue weighted by Gasteiger charge is 2.04. The Balaban J connectivity index is 2.53. The van der Waals surface area contributed by atoms with Crippen LogP contribution in [0.15, 0.2) is 42.5 Å². The van der Waals surface area contributed by atoms with Crippen LogP contribution in [0.1, 0.15) is 12.5 Å². The summed E-state index contributed by atoms with van der Waals surface area (Å²) >= 11 is 0. The van der Waals surface area contributed by atoms with Crippen molar-refractivity contribution in [3.8, 4) is 22.6 Å². The molecular formula is C14H14O2. The van der Waals surface area contributed by atoms with Gasteiger partial charge >= 0.3 is 0 Å². The Labute approximate surface area is 94.8 Å². The van der Waals surface area contributed by atoms with Crippen LogP contribution in [0.4, 0.5) is 0 Å². The normalized spacial score (nSPS) is 10.3. The van der Waals surface area contributed by atoms with Gasteiger partial charge in [-0.05, 0) is 47.4 Å². The van der Waals surface area contributed by atoms with Crippen molar-refractivity contribution in [3.05, 3.63) is 48.0 Å². The van der Waals surface area contributed by atoms with Crippen LogP contribution in [0.2, 0.25) is 0 Å². The first-order chi connectivity index (χ1) is 7.70. The Bertz CT molecular complexity index is 487. The molecule has 2 heteroatoms. The van der Waals surface area contributed by atoms with Crippen LogP contribution in [-0.2, 0) is 6.42 Å². The van der Waals surface area contributed by atoms with E-state index in [1.807, 2.05) is 18.2 Å². The van der Waals surface area contributed by atoms with Crippen molar-refractivity contribution in [2.24, 2.45) is 0 Å². The molecule has 0 aliphatic heterocycles. The molecule has 0 bridgehead atoms. The molecule has 0 unspecified atom stereocenters. The number of hydrogen-bond acceptors (Lipinski definition) is 2. The van der Waals surface area contributed by atoms with E-state index in [2.05, 4.69) is 6.92 Å². The molecule has 2 aromatic rings. The standard InChI is InChI=1S/C14H14O2/c1-2-10-3-8-13(16)9-14(10)11-4-6-12(15)7-5-11/h3-9,15-16H,2H2,1H3. The number of rotatable bonds is 2. The van der Waals surface area contributed by atoms with E-state index in [4.69, 9.17) is 0 Å². The topological polar surface area (TPSA) is 40.5 Å². The van der Waals surface area contributed by atoms with Gasteiger partial charge in [0.15, 0.2) is 0 Å². The molecule has 82 valence electrons. The van der Waals surface area contributed by atoms with Crippen molar-refractivity contribution < 1.29 is 10.2 Å². The fourth-order valence-electron chi connectivity index (χ4n) is 1.78. The number of phenolic OH excluding ortho intramolecular Hbond substituents is 2. The highest BCUT2D eigenvalue weighted by molar-refractivity contribution is 5.69. The number of hydrogen-bond donors (Lipinski definition) is 2. The van der Waals surface area contributed by atoms with Crippen molar-refractivity contribution in [1.82, 2.24) is 0 Å². The minimum atomic E-state index is 0.252. The summed E-state index contributed by atoms with van der Waals surface area (Å²) in [5.41, 5.74) is 3.21. The SMILES string of the molecule is CCc1ccc(O)cc1-c1ccc(O)cc1. The molecule has 0 amide bonds. The van der Waals surface area contributed by atoms with Gasteiger partial charge in [-0.25, -0.2) is 0 Å². The number of phenols is 2. The monoisotopic (exact) mass is 214 g/mol. The van der Waals surface area contributed by atoms with Crippen molar-refractivity contribution in [1.29, 1.82) is 0 Å². The lowest BCUT2D eigenvalue weighted by Crippen LogP contribution is -1.87. The van der Waals surface area contributed by atoms with E-state index in [-0.39, 0.29) is 11.5 Å². The predicted octanol–water partition coefficient (Wildman–Crippen LogP) is 3.33. The summed E-state index contributed by atoms with van der Waals surface area (Å²) in [6.45, 7) is 2.08. The van der Waals surface area contributed by atoms with Crippen LogP contribution < -0.4 is 0 Å². The average Bonchev–Trinajstić information content (AvgIpc) is 2.30. The molecule has 0 radical (unpaired) electrons. The zero-order chi connectivity index (χ0) is 11.5. The molecule has 2 aromatic carbocycles. The summed E-state index contributed by atoms with van der Waals surface area (Å²) in [7, 11) is 0. The van der Waals surface area contributed by atoms with Gasteiger partial charge in [0.2, 0.25) is 0 Å². The minimum Gasteiger partial charge on any atom is -0.508 e. The maximum absolute atomic E-state index is 9.50. The lowest BCUT2D eigenvalue weighted by molar-refractivity contribution is 0.475. The van der Waals surface area contributed by atoms with Gasteiger partial charge in [-0.15, -0.1) is 0 Å². The zero-order valence-corrected chi connectivity index (χ0v) is 9.14. The summed E-state index contributed by atoms with van der Waals surface area (Å²) < 4.78 is 0. The molecule has 2 N–H and O–H groups in total. The van der Waals surface area contributed by atoms with Crippen LogP contribution in [0.3, 0.4) is 0 Å². The molecule has 2 rings (SSSR count). The zero-order valence-electron chi connectivity index (χ0n) is 9.14. The fourth-order valence-corrected chi connectivity index (χ4v) is 1.78. The molecule has 16 heavy (non-hydrogen) atoms.